The van der Waals surface area contributed by atoms with Gasteiger partial charge in [-0.2, -0.15) is 0 Å². The smallest absolute Gasteiger partial charge is 0.173 e. The molecule has 4 nitrogen and oxygen atoms in total. The van der Waals surface area contributed by atoms with Crippen LogP contribution >= 0.6 is 11.6 Å². The minimum Gasteiger partial charge on any atom is -0.364 e. The zero-order chi connectivity index (χ0) is 21.0. The van der Waals surface area contributed by atoms with Crippen molar-refractivity contribution in [1.82, 2.24) is 14.5 Å². The lowest BCUT2D eigenvalue weighted by Crippen LogP contribution is -2.45. The number of aryl methyl sites for hydroxylation is 1. The number of anilines is 1. The minimum atomic E-state index is -0.671. The Bertz CT molecular complexity index is 1230. The standard InChI is InChI=1S/C22H20ClF3N4/c1-28-6-8-29(9-7-28)22-17(25)11-15-20-16(12-30(5-4-24)21(15)19(22)26)14-10-13(23)2-3-18(14)27-20/h2-3,10-12H,4-9H2,1H3. The lowest BCUT2D eigenvalue weighted by atomic mass is 10.0. The van der Waals surface area contributed by atoms with Gasteiger partial charge in [0, 0.05) is 53.7 Å². The van der Waals surface area contributed by atoms with E-state index in [4.69, 9.17) is 11.6 Å². The molecule has 3 heterocycles. The molecule has 5 rings (SSSR count). The number of halogens is 4. The van der Waals surface area contributed by atoms with Crippen LogP contribution in [0.1, 0.15) is 0 Å². The number of hydrogen-bond donors (Lipinski definition) is 0. The lowest BCUT2D eigenvalue weighted by molar-refractivity contribution is 0.310. The molecule has 8 heteroatoms. The first-order valence-electron chi connectivity index (χ1n) is 9.87. The first kappa shape index (κ1) is 19.5. The second-order valence-electron chi connectivity index (χ2n) is 7.75. The van der Waals surface area contributed by atoms with Gasteiger partial charge in [-0.1, -0.05) is 11.6 Å². The Hall–Kier alpha value is -2.51. The molecule has 0 radical (unpaired) electrons. The van der Waals surface area contributed by atoms with Crippen LogP contribution in [0.2, 0.25) is 5.02 Å². The zero-order valence-electron chi connectivity index (χ0n) is 16.4. The molecule has 3 aliphatic heterocycles. The number of pyridine rings is 1. The molecule has 1 saturated heterocycles. The van der Waals surface area contributed by atoms with Crippen LogP contribution in [0.25, 0.3) is 33.1 Å². The number of fused-ring (bicyclic) bond motifs is 5. The van der Waals surface area contributed by atoms with Crippen molar-refractivity contribution in [2.45, 2.75) is 6.54 Å². The Morgan fingerprint density at radius 3 is 2.57 bits per heavy atom. The predicted octanol–water partition coefficient (Wildman–Crippen LogP) is 4.95. The Morgan fingerprint density at radius 1 is 1.07 bits per heavy atom. The Labute approximate surface area is 176 Å². The third-order valence-electron chi connectivity index (χ3n) is 5.88. The van der Waals surface area contributed by atoms with E-state index in [1.54, 1.807) is 29.3 Å². The molecule has 0 amide bonds. The molecule has 0 aromatic heterocycles. The average Bonchev–Trinajstić information content (AvgIpc) is 3.07. The molecule has 2 aromatic carbocycles. The molecule has 0 spiro atoms. The quantitative estimate of drug-likeness (QED) is 0.458. The predicted molar refractivity (Wildman–Crippen MR) is 114 cm³/mol. The fourth-order valence-electron chi connectivity index (χ4n) is 4.33. The fourth-order valence-corrected chi connectivity index (χ4v) is 4.51. The van der Waals surface area contributed by atoms with Crippen LogP contribution in [-0.2, 0) is 6.54 Å². The summed E-state index contributed by atoms with van der Waals surface area (Å²) in [5.41, 5.74) is 1.98. The topological polar surface area (TPSA) is 24.3 Å². The minimum absolute atomic E-state index is 0.0373. The number of rotatable bonds is 3. The van der Waals surface area contributed by atoms with Crippen LogP contribution in [0, 0.1) is 11.6 Å². The third-order valence-corrected chi connectivity index (χ3v) is 6.11. The fraction of sp³-hybridized carbons (Fsp3) is 0.318. The highest BCUT2D eigenvalue weighted by Crippen LogP contribution is 2.41. The van der Waals surface area contributed by atoms with Gasteiger partial charge in [0.1, 0.15) is 18.2 Å². The Morgan fingerprint density at radius 2 is 1.83 bits per heavy atom. The van der Waals surface area contributed by atoms with E-state index in [9.17, 15) is 4.39 Å². The molecule has 0 atom stereocenters. The van der Waals surface area contributed by atoms with Gasteiger partial charge in [0.15, 0.2) is 5.82 Å². The monoisotopic (exact) mass is 432 g/mol. The molecule has 0 unspecified atom stereocenters. The van der Waals surface area contributed by atoms with E-state index in [0.29, 0.717) is 40.3 Å². The van der Waals surface area contributed by atoms with Crippen LogP contribution in [0.15, 0.2) is 30.5 Å². The SMILES string of the molecule is CN1CCN(c2c(F)cc3c4nc5ccc(Cl)cc5c-4cn(CCF)c3c2F)CC1. The molecule has 0 bridgehead atoms. The van der Waals surface area contributed by atoms with Gasteiger partial charge in [-0.05, 0) is 31.3 Å². The maximum absolute atomic E-state index is 15.8. The van der Waals surface area contributed by atoms with Crippen LogP contribution < -0.4 is 4.90 Å². The van der Waals surface area contributed by atoms with Crippen molar-refractivity contribution in [2.75, 3.05) is 44.8 Å². The highest BCUT2D eigenvalue weighted by Gasteiger charge is 2.27. The molecule has 30 heavy (non-hydrogen) atoms. The van der Waals surface area contributed by atoms with Gasteiger partial charge in [-0.15, -0.1) is 0 Å². The normalized spacial score (nSPS) is 15.7. The van der Waals surface area contributed by atoms with Crippen molar-refractivity contribution in [3.63, 3.8) is 0 Å². The molecule has 2 aromatic rings. The highest BCUT2D eigenvalue weighted by molar-refractivity contribution is 6.31. The summed E-state index contributed by atoms with van der Waals surface area (Å²) in [6, 6.07) is 6.59. The highest BCUT2D eigenvalue weighted by atomic mass is 35.5. The van der Waals surface area contributed by atoms with Gasteiger partial charge in [0.05, 0.1) is 23.3 Å². The van der Waals surface area contributed by atoms with Gasteiger partial charge < -0.3 is 14.4 Å². The van der Waals surface area contributed by atoms with E-state index in [-0.39, 0.29) is 17.7 Å². The van der Waals surface area contributed by atoms with Crippen molar-refractivity contribution in [1.29, 1.82) is 0 Å². The number of hydrogen-bond acceptors (Lipinski definition) is 3. The summed E-state index contributed by atoms with van der Waals surface area (Å²) in [6.07, 6.45) is 1.69. The summed E-state index contributed by atoms with van der Waals surface area (Å²) < 4.78 is 45.8. The summed E-state index contributed by atoms with van der Waals surface area (Å²) in [7, 11) is 1.98. The van der Waals surface area contributed by atoms with Gasteiger partial charge >= 0.3 is 0 Å². The largest absolute Gasteiger partial charge is 0.364 e. The van der Waals surface area contributed by atoms with E-state index in [1.165, 1.54) is 10.6 Å². The van der Waals surface area contributed by atoms with Gasteiger partial charge in [-0.25, -0.2) is 18.2 Å². The van der Waals surface area contributed by atoms with Gasteiger partial charge in [-0.3, -0.25) is 0 Å². The first-order valence-corrected chi connectivity index (χ1v) is 10.2. The summed E-state index contributed by atoms with van der Waals surface area (Å²) >= 11 is 6.14. The van der Waals surface area contributed by atoms with Crippen molar-refractivity contribution >= 4 is 39.1 Å². The second kappa shape index (κ2) is 7.32. The first-order chi connectivity index (χ1) is 14.5. The van der Waals surface area contributed by atoms with Crippen molar-refractivity contribution in [3.8, 4) is 11.3 Å². The second-order valence-corrected chi connectivity index (χ2v) is 8.19. The van der Waals surface area contributed by atoms with Crippen molar-refractivity contribution in [2.24, 2.45) is 0 Å². The van der Waals surface area contributed by atoms with E-state index in [2.05, 4.69) is 9.88 Å². The van der Waals surface area contributed by atoms with E-state index < -0.39 is 18.3 Å². The molecule has 0 N–H and O–H groups in total. The van der Waals surface area contributed by atoms with Crippen molar-refractivity contribution in [3.05, 3.63) is 47.1 Å². The maximum atomic E-state index is 15.8. The summed E-state index contributed by atoms with van der Waals surface area (Å²) in [6.45, 7) is 1.79. The van der Waals surface area contributed by atoms with E-state index in [1.807, 2.05) is 7.05 Å². The molecular formula is C22H20ClF3N4. The lowest BCUT2D eigenvalue weighted by Gasteiger charge is -2.34. The number of piperazine rings is 1. The van der Waals surface area contributed by atoms with Crippen LogP contribution in [0.3, 0.4) is 0 Å². The maximum Gasteiger partial charge on any atom is 0.173 e. The molecule has 0 saturated carbocycles. The molecule has 1 fully saturated rings. The number of likely N-dealkylation sites (N-methyl/N-ethyl adjacent to an activating group) is 1. The molecular weight excluding hydrogens is 413 g/mol. The molecule has 3 aliphatic rings. The molecule has 156 valence electrons. The summed E-state index contributed by atoms with van der Waals surface area (Å²) in [5.74, 6) is -1.30. The Kier molecular flexibility index (Phi) is 4.75. The van der Waals surface area contributed by atoms with Crippen LogP contribution in [0.5, 0.6) is 0 Å². The van der Waals surface area contributed by atoms with Crippen LogP contribution in [-0.4, -0.2) is 54.4 Å². The van der Waals surface area contributed by atoms with Crippen LogP contribution in [0.4, 0.5) is 18.9 Å². The number of aromatic nitrogens is 2. The number of benzene rings is 2. The summed E-state index contributed by atoms with van der Waals surface area (Å²) in [5, 5.41) is 1.65. The number of alkyl halides is 1. The van der Waals surface area contributed by atoms with Crippen molar-refractivity contribution < 1.29 is 13.2 Å². The zero-order valence-corrected chi connectivity index (χ0v) is 17.2. The van der Waals surface area contributed by atoms with E-state index >= 15 is 8.78 Å². The molecule has 0 aliphatic carbocycles. The summed E-state index contributed by atoms with van der Waals surface area (Å²) in [4.78, 5) is 8.44. The van der Waals surface area contributed by atoms with E-state index in [0.717, 1.165) is 18.5 Å². The Balaban J connectivity index is 1.81. The van der Waals surface area contributed by atoms with Gasteiger partial charge in [0.25, 0.3) is 0 Å². The third kappa shape index (κ3) is 2.99. The number of nitrogens with zero attached hydrogens (tertiary/aromatic N) is 4. The van der Waals surface area contributed by atoms with Gasteiger partial charge in [0.2, 0.25) is 0 Å². The average molecular weight is 433 g/mol.